The number of amides is 1. The predicted octanol–water partition coefficient (Wildman–Crippen LogP) is 4.94. The highest BCUT2D eigenvalue weighted by molar-refractivity contribution is 7.15. The number of carbonyl (C=O) groups is 2. The molecule has 8 heteroatoms. The largest absolute Gasteiger partial charge is 0.348 e. The summed E-state index contributed by atoms with van der Waals surface area (Å²) in [4.78, 5) is 26.9. The highest BCUT2D eigenvalue weighted by Crippen LogP contribution is 2.32. The van der Waals surface area contributed by atoms with Crippen LogP contribution in [0.5, 0.6) is 0 Å². The van der Waals surface area contributed by atoms with Crippen molar-refractivity contribution in [3.05, 3.63) is 98.9 Å². The number of nitrogens with zero attached hydrogens (tertiary/aromatic N) is 3. The summed E-state index contributed by atoms with van der Waals surface area (Å²) in [6.45, 7) is 4.08. The van der Waals surface area contributed by atoms with Gasteiger partial charge < -0.3 is 5.32 Å². The van der Waals surface area contributed by atoms with Gasteiger partial charge in [0, 0.05) is 10.4 Å². The van der Waals surface area contributed by atoms with Crippen LogP contribution in [0, 0.1) is 6.92 Å². The SMILES string of the molecule is CCc1cc(C(=O)c2ccccc2Cl)c(-n2c(C)nnc2CNC(=O)Cc2ccccc2)s1. The molecule has 168 valence electrons. The van der Waals surface area contributed by atoms with Crippen molar-refractivity contribution >= 4 is 34.6 Å². The Bertz CT molecular complexity index is 1300. The fourth-order valence-corrected chi connectivity index (χ4v) is 4.91. The van der Waals surface area contributed by atoms with Gasteiger partial charge >= 0.3 is 0 Å². The van der Waals surface area contributed by atoms with Gasteiger partial charge in [0.25, 0.3) is 0 Å². The van der Waals surface area contributed by atoms with Crippen LogP contribution in [0.2, 0.25) is 5.02 Å². The molecule has 0 aliphatic heterocycles. The lowest BCUT2D eigenvalue weighted by atomic mass is 10.0. The average Bonchev–Trinajstić information content (AvgIpc) is 3.41. The van der Waals surface area contributed by atoms with Gasteiger partial charge in [-0.2, -0.15) is 0 Å². The van der Waals surface area contributed by atoms with Gasteiger partial charge in [0.15, 0.2) is 11.6 Å². The minimum absolute atomic E-state index is 0.110. The van der Waals surface area contributed by atoms with Crippen LogP contribution in [0.25, 0.3) is 5.00 Å². The summed E-state index contributed by atoms with van der Waals surface area (Å²) < 4.78 is 1.84. The fraction of sp³-hybridized carbons (Fsp3) is 0.200. The molecule has 1 amide bonds. The molecule has 0 unspecified atom stereocenters. The van der Waals surface area contributed by atoms with Crippen molar-refractivity contribution in [3.63, 3.8) is 0 Å². The Morgan fingerprint density at radius 2 is 1.76 bits per heavy atom. The van der Waals surface area contributed by atoms with Crippen molar-refractivity contribution in [1.82, 2.24) is 20.1 Å². The first-order valence-electron chi connectivity index (χ1n) is 10.6. The maximum absolute atomic E-state index is 13.4. The van der Waals surface area contributed by atoms with E-state index in [4.69, 9.17) is 11.6 Å². The zero-order chi connectivity index (χ0) is 23.4. The lowest BCUT2D eigenvalue weighted by Gasteiger charge is -2.11. The Balaban J connectivity index is 1.63. The van der Waals surface area contributed by atoms with Crippen molar-refractivity contribution in [2.24, 2.45) is 0 Å². The number of nitrogens with one attached hydrogen (secondary N) is 1. The summed E-state index contributed by atoms with van der Waals surface area (Å²) >= 11 is 7.82. The van der Waals surface area contributed by atoms with Crippen LogP contribution in [0.4, 0.5) is 0 Å². The minimum atomic E-state index is -0.154. The first-order valence-corrected chi connectivity index (χ1v) is 11.8. The van der Waals surface area contributed by atoms with E-state index in [2.05, 4.69) is 15.5 Å². The van der Waals surface area contributed by atoms with E-state index < -0.39 is 0 Å². The van der Waals surface area contributed by atoms with Crippen LogP contribution in [-0.4, -0.2) is 26.5 Å². The molecule has 0 saturated heterocycles. The molecule has 33 heavy (non-hydrogen) atoms. The molecular formula is C25H23ClN4O2S. The Kier molecular flexibility index (Phi) is 7.01. The van der Waals surface area contributed by atoms with Crippen LogP contribution < -0.4 is 5.32 Å². The van der Waals surface area contributed by atoms with E-state index in [1.54, 1.807) is 24.3 Å². The summed E-state index contributed by atoms with van der Waals surface area (Å²) in [5, 5.41) is 12.5. The molecule has 4 rings (SSSR count). The Hall–Kier alpha value is -3.29. The first kappa shape index (κ1) is 22.9. The van der Waals surface area contributed by atoms with Gasteiger partial charge in [0.2, 0.25) is 5.91 Å². The third-order valence-electron chi connectivity index (χ3n) is 5.22. The summed E-state index contributed by atoms with van der Waals surface area (Å²) in [5.41, 5.74) is 1.93. The number of aromatic nitrogens is 3. The van der Waals surface area contributed by atoms with E-state index in [0.29, 0.717) is 27.8 Å². The molecule has 0 aliphatic carbocycles. The number of halogens is 1. The van der Waals surface area contributed by atoms with Gasteiger partial charge in [-0.15, -0.1) is 21.5 Å². The van der Waals surface area contributed by atoms with Crippen LogP contribution in [0.3, 0.4) is 0 Å². The molecule has 1 N–H and O–H groups in total. The van der Waals surface area contributed by atoms with Gasteiger partial charge in [-0.3, -0.25) is 14.2 Å². The predicted molar refractivity (Wildman–Crippen MR) is 130 cm³/mol. The van der Waals surface area contributed by atoms with Crippen molar-refractivity contribution in [2.45, 2.75) is 33.2 Å². The molecule has 6 nitrogen and oxygen atoms in total. The average molecular weight is 479 g/mol. The van der Waals surface area contributed by atoms with Crippen LogP contribution in [0.15, 0.2) is 60.7 Å². The monoisotopic (exact) mass is 478 g/mol. The standard InChI is InChI=1S/C25H23ClN4O2S/c1-3-18-14-20(24(32)19-11-7-8-12-21(19)26)25(33-18)30-16(2)28-29-22(30)15-27-23(31)13-17-9-5-4-6-10-17/h4-12,14H,3,13,15H2,1-2H3,(H,27,31). The number of hydrogen-bond donors (Lipinski definition) is 1. The van der Waals surface area contributed by atoms with E-state index in [9.17, 15) is 9.59 Å². The van der Waals surface area contributed by atoms with E-state index in [1.807, 2.05) is 54.8 Å². The van der Waals surface area contributed by atoms with Crippen molar-refractivity contribution in [2.75, 3.05) is 0 Å². The lowest BCUT2D eigenvalue weighted by Crippen LogP contribution is -2.26. The number of thiophene rings is 1. The Morgan fingerprint density at radius 3 is 2.48 bits per heavy atom. The molecule has 0 bridgehead atoms. The number of rotatable bonds is 8. The second kappa shape index (κ2) is 10.1. The molecule has 4 aromatic rings. The third kappa shape index (κ3) is 5.05. The van der Waals surface area contributed by atoms with Gasteiger partial charge in [-0.25, -0.2) is 0 Å². The highest BCUT2D eigenvalue weighted by atomic mass is 35.5. The van der Waals surface area contributed by atoms with E-state index >= 15 is 0 Å². The van der Waals surface area contributed by atoms with Crippen LogP contribution >= 0.6 is 22.9 Å². The second-order valence-corrected chi connectivity index (χ2v) is 9.05. The number of hydrogen-bond acceptors (Lipinski definition) is 5. The zero-order valence-corrected chi connectivity index (χ0v) is 19.9. The molecule has 0 aliphatic rings. The molecule has 0 saturated carbocycles. The quantitative estimate of drug-likeness (QED) is 0.364. The molecule has 0 atom stereocenters. The molecule has 2 aromatic heterocycles. The molecule has 0 spiro atoms. The van der Waals surface area contributed by atoms with Crippen LogP contribution in [0.1, 0.15) is 44.9 Å². The summed E-state index contributed by atoms with van der Waals surface area (Å²) in [6, 6.07) is 18.5. The van der Waals surface area contributed by atoms with Crippen molar-refractivity contribution < 1.29 is 9.59 Å². The molecular weight excluding hydrogens is 456 g/mol. The highest BCUT2D eigenvalue weighted by Gasteiger charge is 2.24. The lowest BCUT2D eigenvalue weighted by molar-refractivity contribution is -0.120. The van der Waals surface area contributed by atoms with Crippen LogP contribution in [-0.2, 0) is 24.2 Å². The molecule has 0 fully saturated rings. The summed E-state index contributed by atoms with van der Waals surface area (Å²) in [7, 11) is 0. The third-order valence-corrected chi connectivity index (χ3v) is 6.82. The van der Waals surface area contributed by atoms with Crippen molar-refractivity contribution in [1.29, 1.82) is 0 Å². The minimum Gasteiger partial charge on any atom is -0.348 e. The summed E-state index contributed by atoms with van der Waals surface area (Å²) in [6.07, 6.45) is 1.07. The maximum atomic E-state index is 13.4. The summed E-state index contributed by atoms with van der Waals surface area (Å²) in [5.74, 6) is 0.937. The van der Waals surface area contributed by atoms with Gasteiger partial charge in [-0.05, 0) is 37.1 Å². The maximum Gasteiger partial charge on any atom is 0.224 e. The Morgan fingerprint density at radius 1 is 1.03 bits per heavy atom. The molecule has 2 aromatic carbocycles. The number of ketones is 1. The smallest absolute Gasteiger partial charge is 0.224 e. The normalized spacial score (nSPS) is 10.9. The van der Waals surface area contributed by atoms with E-state index in [1.165, 1.54) is 11.3 Å². The first-order chi connectivity index (χ1) is 16.0. The topological polar surface area (TPSA) is 76.9 Å². The van der Waals surface area contributed by atoms with E-state index in [0.717, 1.165) is 21.9 Å². The zero-order valence-electron chi connectivity index (χ0n) is 18.3. The Labute approximate surface area is 201 Å². The van der Waals surface area contributed by atoms with Gasteiger partial charge in [0.1, 0.15) is 10.8 Å². The van der Waals surface area contributed by atoms with Crippen molar-refractivity contribution in [3.8, 4) is 5.00 Å². The number of benzene rings is 2. The number of aryl methyl sites for hydroxylation is 2. The molecule has 0 radical (unpaired) electrons. The van der Waals surface area contributed by atoms with E-state index in [-0.39, 0.29) is 24.7 Å². The second-order valence-electron chi connectivity index (χ2n) is 7.53. The fourth-order valence-electron chi connectivity index (χ4n) is 3.53. The number of carbonyl (C=O) groups excluding carboxylic acids is 2. The van der Waals surface area contributed by atoms with Gasteiger partial charge in [-0.1, -0.05) is 61.0 Å². The molecule has 2 heterocycles. The van der Waals surface area contributed by atoms with Gasteiger partial charge in [0.05, 0.1) is 23.6 Å².